The van der Waals surface area contributed by atoms with Crippen LogP contribution in [0.1, 0.15) is 5.56 Å². The van der Waals surface area contributed by atoms with Crippen LogP contribution >= 0.6 is 0 Å². The third kappa shape index (κ3) is 4.15. The van der Waals surface area contributed by atoms with Gasteiger partial charge in [0.1, 0.15) is 13.1 Å². The van der Waals surface area contributed by atoms with Crippen molar-refractivity contribution in [2.75, 3.05) is 27.2 Å². The Kier molecular flexibility index (Phi) is 5.00. The predicted molar refractivity (Wildman–Crippen MR) is 75.8 cm³/mol. The van der Waals surface area contributed by atoms with Crippen molar-refractivity contribution in [2.24, 2.45) is 0 Å². The first-order valence-electron chi connectivity index (χ1n) is 7.08. The number of para-hydroxylation sites is 1. The molecule has 132 valence electrons. The fourth-order valence-electron chi connectivity index (χ4n) is 2.30. The number of alkyl halides is 3. The Hall–Kier alpha value is -2.32. The summed E-state index contributed by atoms with van der Waals surface area (Å²) in [6, 6.07) is 4.09. The number of benzene rings is 1. The minimum atomic E-state index is -4.67. The van der Waals surface area contributed by atoms with Gasteiger partial charge in [0.25, 0.3) is 5.91 Å². The zero-order valence-corrected chi connectivity index (χ0v) is 13.1. The normalized spacial score (nSPS) is 16.3. The fourth-order valence-corrected chi connectivity index (χ4v) is 2.30. The average Bonchev–Trinajstić information content (AvgIpc) is 2.89. The van der Waals surface area contributed by atoms with E-state index in [9.17, 15) is 27.2 Å². The fraction of sp³-hybridized carbons (Fsp3) is 0.467. The molecular formula is C15H16F4N2O3. The maximum Gasteiger partial charge on any atom is 0.406 e. The quantitative estimate of drug-likeness (QED) is 0.777. The molecule has 24 heavy (non-hydrogen) atoms. The van der Waals surface area contributed by atoms with E-state index in [0.29, 0.717) is 10.5 Å². The molecule has 1 aliphatic rings. The largest absolute Gasteiger partial charge is 0.477 e. The summed E-state index contributed by atoms with van der Waals surface area (Å²) >= 11 is 0. The van der Waals surface area contributed by atoms with Crippen LogP contribution in [-0.4, -0.2) is 61.1 Å². The minimum Gasteiger partial charge on any atom is -0.477 e. The number of rotatable bonds is 4. The first kappa shape index (κ1) is 18.0. The molecule has 0 saturated carbocycles. The van der Waals surface area contributed by atoms with Crippen molar-refractivity contribution in [1.82, 2.24) is 9.80 Å². The maximum absolute atomic E-state index is 13.6. The molecule has 0 saturated heterocycles. The Balaban J connectivity index is 2.16. The predicted octanol–water partition coefficient (Wildman–Crippen LogP) is 1.61. The van der Waals surface area contributed by atoms with Crippen molar-refractivity contribution < 1.29 is 31.9 Å². The van der Waals surface area contributed by atoms with Crippen molar-refractivity contribution in [3.63, 3.8) is 0 Å². The van der Waals surface area contributed by atoms with Crippen molar-refractivity contribution >= 4 is 11.8 Å². The summed E-state index contributed by atoms with van der Waals surface area (Å²) in [5.41, 5.74) is 0.402. The van der Waals surface area contributed by atoms with Gasteiger partial charge in [-0.15, -0.1) is 0 Å². The summed E-state index contributed by atoms with van der Waals surface area (Å²) in [4.78, 5) is 25.5. The molecule has 1 unspecified atom stereocenters. The average molecular weight is 348 g/mol. The lowest BCUT2D eigenvalue weighted by Crippen LogP contribution is -2.49. The molecule has 9 heteroatoms. The smallest absolute Gasteiger partial charge is 0.406 e. The highest BCUT2D eigenvalue weighted by Crippen LogP contribution is 2.32. The zero-order chi connectivity index (χ0) is 18.1. The second-order valence-corrected chi connectivity index (χ2v) is 5.64. The van der Waals surface area contributed by atoms with Crippen molar-refractivity contribution in [2.45, 2.75) is 18.7 Å². The lowest BCUT2D eigenvalue weighted by Gasteiger charge is -2.26. The summed E-state index contributed by atoms with van der Waals surface area (Å²) in [5, 5.41) is 0. The highest BCUT2D eigenvalue weighted by Gasteiger charge is 2.39. The number of carbonyl (C=O) groups is 2. The molecule has 0 fully saturated rings. The third-order valence-electron chi connectivity index (χ3n) is 3.50. The Morgan fingerprint density at radius 1 is 1.29 bits per heavy atom. The van der Waals surface area contributed by atoms with E-state index in [1.807, 2.05) is 0 Å². The number of halogens is 4. The molecule has 1 atom stereocenters. The number of hydrogen-bond donors (Lipinski definition) is 0. The van der Waals surface area contributed by atoms with Crippen LogP contribution in [0.25, 0.3) is 0 Å². The minimum absolute atomic E-state index is 0.0452. The van der Waals surface area contributed by atoms with Gasteiger partial charge in [-0.05, 0) is 6.07 Å². The summed E-state index contributed by atoms with van der Waals surface area (Å²) in [6.07, 6.45) is -6.00. The number of amides is 2. The van der Waals surface area contributed by atoms with Gasteiger partial charge in [0, 0.05) is 26.1 Å². The van der Waals surface area contributed by atoms with Crippen LogP contribution < -0.4 is 4.74 Å². The molecule has 5 nitrogen and oxygen atoms in total. The molecule has 0 bridgehead atoms. The molecule has 0 N–H and O–H groups in total. The summed E-state index contributed by atoms with van der Waals surface area (Å²) < 4.78 is 56.9. The van der Waals surface area contributed by atoms with Crippen molar-refractivity contribution in [3.05, 3.63) is 29.6 Å². The van der Waals surface area contributed by atoms with Gasteiger partial charge in [-0.2, -0.15) is 13.2 Å². The molecule has 1 aliphatic heterocycles. The number of hydrogen-bond acceptors (Lipinski definition) is 3. The van der Waals surface area contributed by atoms with E-state index < -0.39 is 43.0 Å². The number of carbonyl (C=O) groups excluding carboxylic acids is 2. The van der Waals surface area contributed by atoms with E-state index in [1.165, 1.54) is 26.2 Å². The van der Waals surface area contributed by atoms with Crippen LogP contribution in [0.4, 0.5) is 17.6 Å². The van der Waals surface area contributed by atoms with Crippen LogP contribution in [0.15, 0.2) is 18.2 Å². The van der Waals surface area contributed by atoms with Crippen molar-refractivity contribution in [1.29, 1.82) is 0 Å². The van der Waals surface area contributed by atoms with E-state index in [4.69, 9.17) is 4.74 Å². The van der Waals surface area contributed by atoms with Gasteiger partial charge in [-0.3, -0.25) is 9.59 Å². The lowest BCUT2D eigenvalue weighted by atomic mass is 10.1. The summed E-state index contributed by atoms with van der Waals surface area (Å²) in [7, 11) is 2.74. The Morgan fingerprint density at radius 3 is 2.50 bits per heavy atom. The third-order valence-corrected chi connectivity index (χ3v) is 3.50. The Morgan fingerprint density at radius 2 is 1.96 bits per heavy atom. The number of likely N-dealkylation sites (N-methyl/N-ethyl adjacent to an activating group) is 1. The SMILES string of the molecule is CN(C)C(=O)CN(CC(F)(F)F)C(=O)C1Cc2cccc(F)c2O1. The summed E-state index contributed by atoms with van der Waals surface area (Å²) in [6.45, 7) is -2.31. The van der Waals surface area contributed by atoms with E-state index in [2.05, 4.69) is 0 Å². The molecule has 1 aromatic carbocycles. The van der Waals surface area contributed by atoms with Crippen LogP contribution in [0, 0.1) is 5.82 Å². The standard InChI is InChI=1S/C15H16F4N2O3/c1-20(2)12(22)7-21(8-15(17,18)19)14(23)11-6-9-4-3-5-10(16)13(9)24-11/h3-5,11H,6-8H2,1-2H3. The second-order valence-electron chi connectivity index (χ2n) is 5.64. The molecule has 0 aliphatic carbocycles. The van der Waals surface area contributed by atoms with Crippen LogP contribution in [0.5, 0.6) is 5.75 Å². The highest BCUT2D eigenvalue weighted by molar-refractivity contribution is 5.87. The van der Waals surface area contributed by atoms with E-state index in [0.717, 1.165) is 11.0 Å². The first-order chi connectivity index (χ1) is 11.1. The highest BCUT2D eigenvalue weighted by atomic mass is 19.4. The molecule has 0 spiro atoms. The van der Waals surface area contributed by atoms with Gasteiger partial charge in [0.2, 0.25) is 5.91 Å². The summed E-state index contributed by atoms with van der Waals surface area (Å²) in [5.74, 6) is -2.48. The van der Waals surface area contributed by atoms with Crippen molar-refractivity contribution in [3.8, 4) is 5.75 Å². The van der Waals surface area contributed by atoms with E-state index >= 15 is 0 Å². The van der Waals surface area contributed by atoms with Gasteiger partial charge in [-0.1, -0.05) is 12.1 Å². The molecular weight excluding hydrogens is 332 g/mol. The zero-order valence-electron chi connectivity index (χ0n) is 13.1. The van der Waals surface area contributed by atoms with Crippen LogP contribution in [0.3, 0.4) is 0 Å². The number of nitrogens with zero attached hydrogens (tertiary/aromatic N) is 2. The molecule has 1 heterocycles. The lowest BCUT2D eigenvalue weighted by molar-refractivity contribution is -0.167. The topological polar surface area (TPSA) is 49.9 Å². The Labute approximate surface area is 135 Å². The number of ether oxygens (including phenoxy) is 1. The van der Waals surface area contributed by atoms with Gasteiger partial charge >= 0.3 is 6.18 Å². The van der Waals surface area contributed by atoms with Crippen LogP contribution in [-0.2, 0) is 16.0 Å². The van der Waals surface area contributed by atoms with Gasteiger partial charge in [-0.25, -0.2) is 4.39 Å². The van der Waals surface area contributed by atoms with Gasteiger partial charge in [0.05, 0.1) is 0 Å². The Bertz CT molecular complexity index is 646. The number of fused-ring (bicyclic) bond motifs is 1. The monoisotopic (exact) mass is 348 g/mol. The van der Waals surface area contributed by atoms with E-state index in [1.54, 1.807) is 0 Å². The molecule has 0 aromatic heterocycles. The van der Waals surface area contributed by atoms with Crippen LogP contribution in [0.2, 0.25) is 0 Å². The van der Waals surface area contributed by atoms with E-state index in [-0.39, 0.29) is 12.2 Å². The molecule has 1 aromatic rings. The molecule has 2 rings (SSSR count). The maximum atomic E-state index is 13.6. The molecule has 0 radical (unpaired) electrons. The first-order valence-corrected chi connectivity index (χ1v) is 7.08. The second kappa shape index (κ2) is 6.66. The van der Waals surface area contributed by atoms with Gasteiger partial charge in [0.15, 0.2) is 17.7 Å². The van der Waals surface area contributed by atoms with Gasteiger partial charge < -0.3 is 14.5 Å². The molecule has 2 amide bonds.